The van der Waals surface area contributed by atoms with Gasteiger partial charge < -0.3 is 5.73 Å². The molecule has 1 fully saturated rings. The number of nitrogens with two attached hydrogens (primary N) is 1. The maximum Gasteiger partial charge on any atom is 0.127 e. The first-order chi connectivity index (χ1) is 9.17. The Balaban J connectivity index is 2.23. The molecule has 1 heterocycles. The van der Waals surface area contributed by atoms with Crippen LogP contribution in [0.3, 0.4) is 0 Å². The van der Waals surface area contributed by atoms with E-state index in [9.17, 15) is 4.39 Å². The van der Waals surface area contributed by atoms with E-state index in [0.717, 1.165) is 31.5 Å². The van der Waals surface area contributed by atoms with E-state index in [1.54, 1.807) is 12.1 Å². The van der Waals surface area contributed by atoms with E-state index in [4.69, 9.17) is 5.73 Å². The highest BCUT2D eigenvalue weighted by molar-refractivity contribution is 5.21. The summed E-state index contributed by atoms with van der Waals surface area (Å²) in [5.74, 6) is 0.466. The number of benzene rings is 1. The molecular formula is C16H25FN2. The van der Waals surface area contributed by atoms with Crippen LogP contribution in [0.2, 0.25) is 0 Å². The molecule has 0 radical (unpaired) electrons. The first-order valence-corrected chi connectivity index (χ1v) is 7.37. The number of nitrogens with zero attached hydrogens (tertiary/aromatic N) is 1. The van der Waals surface area contributed by atoms with Crippen LogP contribution in [0, 0.1) is 11.7 Å². The Morgan fingerprint density at radius 3 is 2.74 bits per heavy atom. The van der Waals surface area contributed by atoms with Crippen molar-refractivity contribution in [2.24, 2.45) is 11.7 Å². The molecule has 0 bridgehead atoms. The van der Waals surface area contributed by atoms with E-state index in [0.29, 0.717) is 12.0 Å². The third-order valence-corrected chi connectivity index (χ3v) is 4.41. The van der Waals surface area contributed by atoms with Crippen molar-refractivity contribution in [3.05, 3.63) is 35.6 Å². The van der Waals surface area contributed by atoms with Gasteiger partial charge in [0.25, 0.3) is 0 Å². The number of rotatable bonds is 4. The summed E-state index contributed by atoms with van der Waals surface area (Å²) in [6.07, 6.45) is 3.29. The number of hydrogen-bond acceptors (Lipinski definition) is 2. The standard InChI is InChI=1S/C16H25FN2/c1-3-16(14-6-4-5-7-15(14)17)19-11-13(10-18)9-8-12(19)2/h4-7,12-13,16H,3,8-11,18H2,1-2H3. The Kier molecular flexibility index (Phi) is 4.94. The van der Waals surface area contributed by atoms with Crippen LogP contribution in [0.5, 0.6) is 0 Å². The molecule has 2 N–H and O–H groups in total. The zero-order valence-corrected chi connectivity index (χ0v) is 12.0. The largest absolute Gasteiger partial charge is 0.330 e. The molecule has 1 aliphatic heterocycles. The maximum atomic E-state index is 14.0. The monoisotopic (exact) mass is 264 g/mol. The third kappa shape index (κ3) is 3.15. The summed E-state index contributed by atoms with van der Waals surface area (Å²) in [7, 11) is 0. The molecule has 3 heteroatoms. The minimum atomic E-state index is -0.0866. The normalized spacial score (nSPS) is 26.3. The van der Waals surface area contributed by atoms with Gasteiger partial charge >= 0.3 is 0 Å². The minimum absolute atomic E-state index is 0.0866. The molecule has 1 aromatic carbocycles. The zero-order valence-electron chi connectivity index (χ0n) is 12.0. The third-order valence-electron chi connectivity index (χ3n) is 4.41. The van der Waals surface area contributed by atoms with Gasteiger partial charge in [-0.1, -0.05) is 25.1 Å². The van der Waals surface area contributed by atoms with Crippen molar-refractivity contribution < 1.29 is 4.39 Å². The second-order valence-electron chi connectivity index (χ2n) is 5.67. The van der Waals surface area contributed by atoms with Crippen LogP contribution in [-0.2, 0) is 0 Å². The second-order valence-corrected chi connectivity index (χ2v) is 5.67. The van der Waals surface area contributed by atoms with Crippen LogP contribution in [0.4, 0.5) is 4.39 Å². The van der Waals surface area contributed by atoms with Crippen LogP contribution >= 0.6 is 0 Å². The van der Waals surface area contributed by atoms with Gasteiger partial charge in [0.1, 0.15) is 5.82 Å². The van der Waals surface area contributed by atoms with Crippen LogP contribution in [0.25, 0.3) is 0 Å². The average molecular weight is 264 g/mol. The molecular weight excluding hydrogens is 239 g/mol. The van der Waals surface area contributed by atoms with Crippen molar-refractivity contribution in [1.29, 1.82) is 0 Å². The molecule has 19 heavy (non-hydrogen) atoms. The Hall–Kier alpha value is -0.930. The second kappa shape index (κ2) is 6.49. The molecule has 3 atom stereocenters. The van der Waals surface area contributed by atoms with Gasteiger partial charge in [-0.2, -0.15) is 0 Å². The first kappa shape index (κ1) is 14.5. The number of likely N-dealkylation sites (tertiary alicyclic amines) is 1. The van der Waals surface area contributed by atoms with E-state index in [2.05, 4.69) is 18.7 Å². The van der Waals surface area contributed by atoms with E-state index in [-0.39, 0.29) is 11.9 Å². The lowest BCUT2D eigenvalue weighted by atomic mass is 9.89. The molecule has 1 aliphatic rings. The van der Waals surface area contributed by atoms with E-state index >= 15 is 0 Å². The highest BCUT2D eigenvalue weighted by Gasteiger charge is 2.31. The summed E-state index contributed by atoms with van der Waals surface area (Å²) in [5, 5.41) is 0. The molecule has 2 nitrogen and oxygen atoms in total. The van der Waals surface area contributed by atoms with E-state index in [1.165, 1.54) is 6.42 Å². The summed E-state index contributed by atoms with van der Waals surface area (Å²) in [4.78, 5) is 2.44. The quantitative estimate of drug-likeness (QED) is 0.903. The molecule has 0 saturated carbocycles. The van der Waals surface area contributed by atoms with Crippen LogP contribution in [-0.4, -0.2) is 24.0 Å². The Bertz CT molecular complexity index is 407. The fourth-order valence-electron chi connectivity index (χ4n) is 3.22. The van der Waals surface area contributed by atoms with Crippen molar-refractivity contribution in [2.45, 2.75) is 45.2 Å². The Morgan fingerprint density at radius 2 is 2.11 bits per heavy atom. The van der Waals surface area contributed by atoms with E-state index < -0.39 is 0 Å². The number of piperidine rings is 1. The predicted molar refractivity (Wildman–Crippen MR) is 77.4 cm³/mol. The SMILES string of the molecule is CCC(c1ccccc1F)N1CC(CN)CCC1C. The Labute approximate surface area is 115 Å². The highest BCUT2D eigenvalue weighted by Crippen LogP contribution is 2.33. The van der Waals surface area contributed by atoms with Crippen molar-refractivity contribution in [3.63, 3.8) is 0 Å². The molecule has 1 saturated heterocycles. The van der Waals surface area contributed by atoms with Crippen LogP contribution < -0.4 is 5.73 Å². The molecule has 0 amide bonds. The topological polar surface area (TPSA) is 29.3 Å². The summed E-state index contributed by atoms with van der Waals surface area (Å²) in [6.45, 7) is 6.10. The van der Waals surface area contributed by atoms with Crippen molar-refractivity contribution in [3.8, 4) is 0 Å². The molecule has 0 aliphatic carbocycles. The van der Waals surface area contributed by atoms with Gasteiger partial charge in [0.2, 0.25) is 0 Å². The fourth-order valence-corrected chi connectivity index (χ4v) is 3.22. The minimum Gasteiger partial charge on any atom is -0.330 e. The average Bonchev–Trinajstić information content (AvgIpc) is 2.43. The van der Waals surface area contributed by atoms with Gasteiger partial charge in [-0.05, 0) is 44.7 Å². The van der Waals surface area contributed by atoms with Crippen LogP contribution in [0.1, 0.15) is 44.7 Å². The molecule has 3 unspecified atom stereocenters. The van der Waals surface area contributed by atoms with Gasteiger partial charge in [0, 0.05) is 24.2 Å². The lowest BCUT2D eigenvalue weighted by Gasteiger charge is -2.42. The smallest absolute Gasteiger partial charge is 0.127 e. The van der Waals surface area contributed by atoms with Gasteiger partial charge in [0.05, 0.1) is 0 Å². The van der Waals surface area contributed by atoms with Crippen molar-refractivity contribution in [2.75, 3.05) is 13.1 Å². The first-order valence-electron chi connectivity index (χ1n) is 7.37. The lowest BCUT2D eigenvalue weighted by molar-refractivity contribution is 0.0695. The highest BCUT2D eigenvalue weighted by atomic mass is 19.1. The predicted octanol–water partition coefficient (Wildman–Crippen LogP) is 3.34. The zero-order chi connectivity index (χ0) is 13.8. The summed E-state index contributed by atoms with van der Waals surface area (Å²) in [6, 6.07) is 7.84. The summed E-state index contributed by atoms with van der Waals surface area (Å²) in [5.41, 5.74) is 6.65. The van der Waals surface area contributed by atoms with Crippen molar-refractivity contribution >= 4 is 0 Å². The summed E-state index contributed by atoms with van der Waals surface area (Å²) >= 11 is 0. The fraction of sp³-hybridized carbons (Fsp3) is 0.625. The molecule has 1 aromatic rings. The number of halogens is 1. The van der Waals surface area contributed by atoms with Gasteiger partial charge in [-0.15, -0.1) is 0 Å². The Morgan fingerprint density at radius 1 is 1.37 bits per heavy atom. The molecule has 106 valence electrons. The molecule has 0 spiro atoms. The van der Waals surface area contributed by atoms with Crippen LogP contribution in [0.15, 0.2) is 24.3 Å². The van der Waals surface area contributed by atoms with Gasteiger partial charge in [-0.25, -0.2) is 4.39 Å². The molecule has 0 aromatic heterocycles. The van der Waals surface area contributed by atoms with E-state index in [1.807, 2.05) is 12.1 Å². The lowest BCUT2D eigenvalue weighted by Crippen LogP contribution is -2.45. The van der Waals surface area contributed by atoms with Gasteiger partial charge in [0.15, 0.2) is 0 Å². The summed E-state index contributed by atoms with van der Waals surface area (Å²) < 4.78 is 14.0. The molecule has 2 rings (SSSR count). The number of hydrogen-bond donors (Lipinski definition) is 1. The van der Waals surface area contributed by atoms with Gasteiger partial charge in [-0.3, -0.25) is 4.90 Å². The van der Waals surface area contributed by atoms with Crippen molar-refractivity contribution in [1.82, 2.24) is 4.90 Å². The maximum absolute atomic E-state index is 14.0.